The Balaban J connectivity index is 1.63. The molecule has 0 spiro atoms. The van der Waals surface area contributed by atoms with Crippen LogP contribution in [0.1, 0.15) is 69.8 Å². The lowest BCUT2D eigenvalue weighted by atomic mass is 9.49. The maximum atomic E-state index is 5.96. The molecule has 4 fully saturated rings. The Hall–Kier alpha value is -0.830. The van der Waals surface area contributed by atoms with Crippen molar-refractivity contribution in [1.29, 1.82) is 0 Å². The highest BCUT2D eigenvalue weighted by Gasteiger charge is 2.52. The predicted molar refractivity (Wildman–Crippen MR) is 85.1 cm³/mol. The van der Waals surface area contributed by atoms with Crippen LogP contribution in [0.3, 0.4) is 0 Å². The topological polar surface area (TPSA) is 54.7 Å². The molecule has 1 unspecified atom stereocenters. The third-order valence-corrected chi connectivity index (χ3v) is 6.61. The van der Waals surface area contributed by atoms with E-state index in [-0.39, 0.29) is 0 Å². The lowest BCUT2D eigenvalue weighted by Gasteiger charge is -2.56. The van der Waals surface area contributed by atoms with Crippen molar-refractivity contribution < 1.29 is 0 Å². The summed E-state index contributed by atoms with van der Waals surface area (Å²) in [5.41, 5.74) is 7.81. The van der Waals surface area contributed by atoms with Crippen molar-refractivity contribution in [3.63, 3.8) is 0 Å². The van der Waals surface area contributed by atoms with E-state index in [1.807, 2.05) is 0 Å². The number of H-pyrrole nitrogens is 1. The van der Waals surface area contributed by atoms with E-state index in [0.29, 0.717) is 23.8 Å². The molecule has 1 aromatic heterocycles. The van der Waals surface area contributed by atoms with Gasteiger partial charge in [0.2, 0.25) is 0 Å². The van der Waals surface area contributed by atoms with Gasteiger partial charge in [0, 0.05) is 29.8 Å². The van der Waals surface area contributed by atoms with Crippen molar-refractivity contribution in [2.24, 2.45) is 29.4 Å². The number of nitrogens with two attached hydrogens (primary N) is 1. The zero-order valence-electron chi connectivity index (χ0n) is 13.4. The summed E-state index contributed by atoms with van der Waals surface area (Å²) in [6, 6.07) is 0. The number of nitrogens with one attached hydrogen (secondary N) is 1. The van der Waals surface area contributed by atoms with E-state index in [4.69, 9.17) is 10.7 Å². The van der Waals surface area contributed by atoms with Gasteiger partial charge in [-0.3, -0.25) is 0 Å². The van der Waals surface area contributed by atoms with E-state index in [1.165, 1.54) is 44.2 Å². The molecular formula is C18H29N3. The first-order valence-corrected chi connectivity index (χ1v) is 8.85. The van der Waals surface area contributed by atoms with Crippen LogP contribution in [0.5, 0.6) is 0 Å². The normalized spacial score (nSPS) is 39.1. The molecule has 3 heteroatoms. The summed E-state index contributed by atoms with van der Waals surface area (Å²) in [4.78, 5) is 8.44. The van der Waals surface area contributed by atoms with Crippen LogP contribution in [0.25, 0.3) is 0 Å². The fourth-order valence-corrected chi connectivity index (χ4v) is 5.93. The minimum absolute atomic E-state index is 0.368. The molecule has 0 radical (unpaired) electrons. The molecule has 21 heavy (non-hydrogen) atoms. The molecule has 4 aliphatic carbocycles. The Morgan fingerprint density at radius 2 is 1.76 bits per heavy atom. The summed E-state index contributed by atoms with van der Waals surface area (Å²) in [6.45, 7) is 5.17. The van der Waals surface area contributed by atoms with E-state index in [9.17, 15) is 0 Å². The first-order chi connectivity index (χ1) is 10.1. The molecule has 0 saturated heterocycles. The zero-order chi connectivity index (χ0) is 14.6. The molecule has 1 atom stereocenters. The van der Waals surface area contributed by atoms with Crippen LogP contribution >= 0.6 is 0 Å². The van der Waals surface area contributed by atoms with E-state index in [0.717, 1.165) is 23.6 Å². The van der Waals surface area contributed by atoms with Gasteiger partial charge in [0.25, 0.3) is 0 Å². The fraction of sp³-hybridized carbons (Fsp3) is 0.833. The smallest absolute Gasteiger partial charge is 0.110 e. The van der Waals surface area contributed by atoms with Crippen molar-refractivity contribution in [2.75, 3.05) is 6.54 Å². The second kappa shape index (κ2) is 4.84. The average Bonchev–Trinajstić information content (AvgIpc) is 2.87. The van der Waals surface area contributed by atoms with Gasteiger partial charge in [-0.25, -0.2) is 4.98 Å². The van der Waals surface area contributed by atoms with Gasteiger partial charge in [-0.15, -0.1) is 0 Å². The number of aromatic amines is 1. The maximum absolute atomic E-state index is 5.96. The zero-order valence-corrected chi connectivity index (χ0v) is 13.4. The van der Waals surface area contributed by atoms with E-state index in [1.54, 1.807) is 0 Å². The minimum Gasteiger partial charge on any atom is -0.345 e. The van der Waals surface area contributed by atoms with Crippen LogP contribution in [0.4, 0.5) is 0 Å². The quantitative estimate of drug-likeness (QED) is 0.889. The number of nitrogens with zero attached hydrogens (tertiary/aromatic N) is 1. The maximum Gasteiger partial charge on any atom is 0.110 e. The van der Waals surface area contributed by atoms with Crippen molar-refractivity contribution in [3.05, 3.63) is 17.7 Å². The largest absolute Gasteiger partial charge is 0.345 e. The van der Waals surface area contributed by atoms with Crippen molar-refractivity contribution in [3.8, 4) is 0 Å². The standard InChI is InChI=1S/C18H29N3/c1-11(2)15(9-19)17-20-10-16(21-17)18-6-12-3-13(7-18)5-14(4-12)8-18/h10-15H,3-9,19H2,1-2H3,(H,20,21). The number of imidazole rings is 1. The highest BCUT2D eigenvalue weighted by molar-refractivity contribution is 5.23. The van der Waals surface area contributed by atoms with Gasteiger partial charge in [-0.05, 0) is 62.2 Å². The van der Waals surface area contributed by atoms with Crippen LogP contribution in [-0.4, -0.2) is 16.5 Å². The number of rotatable bonds is 4. The molecule has 4 aliphatic rings. The molecule has 1 heterocycles. The molecule has 1 aromatic rings. The van der Waals surface area contributed by atoms with Gasteiger partial charge in [-0.2, -0.15) is 0 Å². The Morgan fingerprint density at radius 3 is 2.24 bits per heavy atom. The lowest BCUT2D eigenvalue weighted by molar-refractivity contribution is -0.00708. The summed E-state index contributed by atoms with van der Waals surface area (Å²) in [5.74, 6) is 4.99. The molecule has 116 valence electrons. The summed E-state index contributed by atoms with van der Waals surface area (Å²) in [6.07, 6.45) is 10.8. The first-order valence-electron chi connectivity index (χ1n) is 8.85. The molecule has 0 aromatic carbocycles. The molecule has 4 bridgehead atoms. The van der Waals surface area contributed by atoms with Crippen LogP contribution in [0.2, 0.25) is 0 Å². The SMILES string of the molecule is CC(C)C(CN)c1ncc(C23CC4CC(CC(C4)C2)C3)[nH]1. The second-order valence-electron chi connectivity index (χ2n) is 8.47. The molecule has 5 rings (SSSR count). The molecule has 3 nitrogen and oxygen atoms in total. The van der Waals surface area contributed by atoms with E-state index < -0.39 is 0 Å². The van der Waals surface area contributed by atoms with Gasteiger partial charge >= 0.3 is 0 Å². The predicted octanol–water partition coefficient (Wildman–Crippen LogP) is 3.58. The Morgan fingerprint density at radius 1 is 1.19 bits per heavy atom. The van der Waals surface area contributed by atoms with E-state index >= 15 is 0 Å². The Labute approximate surface area is 128 Å². The molecule has 0 aliphatic heterocycles. The van der Waals surface area contributed by atoms with Crippen LogP contribution in [0, 0.1) is 23.7 Å². The molecule has 3 N–H and O–H groups in total. The van der Waals surface area contributed by atoms with Gasteiger partial charge < -0.3 is 10.7 Å². The number of hydrogen-bond acceptors (Lipinski definition) is 2. The van der Waals surface area contributed by atoms with Gasteiger partial charge in [0.15, 0.2) is 0 Å². The van der Waals surface area contributed by atoms with Crippen molar-refractivity contribution >= 4 is 0 Å². The summed E-state index contributed by atoms with van der Waals surface area (Å²) in [5, 5.41) is 0. The molecule has 4 saturated carbocycles. The van der Waals surface area contributed by atoms with Crippen LogP contribution in [-0.2, 0) is 5.41 Å². The summed E-state index contributed by atoms with van der Waals surface area (Å²) < 4.78 is 0. The van der Waals surface area contributed by atoms with Crippen molar-refractivity contribution in [1.82, 2.24) is 9.97 Å². The van der Waals surface area contributed by atoms with Crippen LogP contribution in [0.15, 0.2) is 6.20 Å². The second-order valence-corrected chi connectivity index (χ2v) is 8.47. The Kier molecular flexibility index (Phi) is 3.18. The lowest BCUT2D eigenvalue weighted by Crippen LogP contribution is -2.48. The van der Waals surface area contributed by atoms with E-state index in [2.05, 4.69) is 25.0 Å². The number of aromatic nitrogens is 2. The summed E-state index contributed by atoms with van der Waals surface area (Å²) in [7, 11) is 0. The minimum atomic E-state index is 0.368. The first kappa shape index (κ1) is 13.8. The fourth-order valence-electron chi connectivity index (χ4n) is 5.93. The van der Waals surface area contributed by atoms with Gasteiger partial charge in [0.05, 0.1) is 0 Å². The molecular weight excluding hydrogens is 258 g/mol. The van der Waals surface area contributed by atoms with Crippen molar-refractivity contribution in [2.45, 2.75) is 63.7 Å². The Bertz CT molecular complexity index is 481. The third-order valence-electron chi connectivity index (χ3n) is 6.61. The van der Waals surface area contributed by atoms with Crippen LogP contribution < -0.4 is 5.73 Å². The third kappa shape index (κ3) is 2.16. The summed E-state index contributed by atoms with van der Waals surface area (Å²) >= 11 is 0. The monoisotopic (exact) mass is 287 g/mol. The highest BCUT2D eigenvalue weighted by Crippen LogP contribution is 2.60. The molecule has 0 amide bonds. The van der Waals surface area contributed by atoms with Gasteiger partial charge in [-0.1, -0.05) is 13.8 Å². The average molecular weight is 287 g/mol. The van der Waals surface area contributed by atoms with Gasteiger partial charge in [0.1, 0.15) is 5.82 Å². The number of hydrogen-bond donors (Lipinski definition) is 2. The highest BCUT2D eigenvalue weighted by atomic mass is 14.9.